The van der Waals surface area contributed by atoms with Crippen LogP contribution in [0.15, 0.2) is 24.3 Å². The third kappa shape index (κ3) is 4.91. The Morgan fingerprint density at radius 2 is 2.16 bits per heavy atom. The van der Waals surface area contributed by atoms with Gasteiger partial charge in [-0.2, -0.15) is 0 Å². The molecular weight excluding hydrogens is 242 g/mol. The predicted octanol–water partition coefficient (Wildman–Crippen LogP) is 2.61. The molecule has 0 aromatic heterocycles. The van der Waals surface area contributed by atoms with Crippen molar-refractivity contribution in [3.63, 3.8) is 0 Å². The molecule has 0 saturated carbocycles. The number of carboxylic acid groups (broad SMARTS) is 1. The van der Waals surface area contributed by atoms with Crippen molar-refractivity contribution in [3.05, 3.63) is 29.8 Å². The number of carbonyl (C=O) groups is 1. The van der Waals surface area contributed by atoms with Gasteiger partial charge >= 0.3 is 5.97 Å². The molecule has 1 aromatic carbocycles. The Morgan fingerprint density at radius 3 is 2.68 bits per heavy atom. The van der Waals surface area contributed by atoms with Gasteiger partial charge in [-0.1, -0.05) is 12.1 Å². The van der Waals surface area contributed by atoms with Crippen molar-refractivity contribution in [2.24, 2.45) is 0 Å². The van der Waals surface area contributed by atoms with Gasteiger partial charge in [-0.15, -0.1) is 0 Å². The molecule has 0 bridgehead atoms. The van der Waals surface area contributed by atoms with Crippen molar-refractivity contribution in [1.82, 2.24) is 5.32 Å². The van der Waals surface area contributed by atoms with Crippen LogP contribution >= 0.6 is 0 Å². The van der Waals surface area contributed by atoms with Crippen LogP contribution in [0.25, 0.3) is 0 Å². The maximum atomic E-state index is 11.3. The summed E-state index contributed by atoms with van der Waals surface area (Å²) in [5.41, 5.74) is 0.164. The Bertz CT molecular complexity index is 431. The Balaban J connectivity index is 2.56. The smallest absolute Gasteiger partial charge is 0.323 e. The lowest BCUT2D eigenvalue weighted by Crippen LogP contribution is -2.53. The summed E-state index contributed by atoms with van der Waals surface area (Å²) in [4.78, 5) is 11.3. The molecule has 0 heterocycles. The van der Waals surface area contributed by atoms with Crippen LogP contribution in [0.3, 0.4) is 0 Å². The first-order valence-corrected chi connectivity index (χ1v) is 6.54. The summed E-state index contributed by atoms with van der Waals surface area (Å²) in [6, 6.07) is 7.84. The monoisotopic (exact) mass is 265 g/mol. The van der Waals surface area contributed by atoms with Crippen LogP contribution in [0, 0.1) is 6.92 Å². The number of rotatable bonds is 7. The number of aliphatic carboxylic acids is 1. The second kappa shape index (κ2) is 6.57. The average molecular weight is 265 g/mol. The molecule has 0 aliphatic carbocycles. The number of nitrogens with one attached hydrogen (secondary N) is 1. The van der Waals surface area contributed by atoms with Crippen molar-refractivity contribution >= 4 is 5.97 Å². The number of hydrogen-bond acceptors (Lipinski definition) is 3. The van der Waals surface area contributed by atoms with E-state index >= 15 is 0 Å². The van der Waals surface area contributed by atoms with Gasteiger partial charge in [-0.3, -0.25) is 10.1 Å². The number of aryl methyl sites for hydroxylation is 1. The molecule has 0 saturated heterocycles. The van der Waals surface area contributed by atoms with Crippen LogP contribution < -0.4 is 10.1 Å². The standard InChI is InChI=1S/C15H23NO3/c1-11(2)16-15(4,14(17)18)8-9-19-13-7-5-6-12(3)10-13/h5-7,10-11,16H,8-9H2,1-4H3,(H,17,18). The Morgan fingerprint density at radius 1 is 1.47 bits per heavy atom. The zero-order valence-electron chi connectivity index (χ0n) is 12.1. The highest BCUT2D eigenvalue weighted by Crippen LogP contribution is 2.16. The van der Waals surface area contributed by atoms with Gasteiger partial charge in [0.15, 0.2) is 0 Å². The third-order valence-electron chi connectivity index (χ3n) is 2.94. The van der Waals surface area contributed by atoms with E-state index in [2.05, 4.69) is 5.32 Å². The molecule has 4 nitrogen and oxygen atoms in total. The molecule has 0 spiro atoms. The molecule has 0 amide bonds. The van der Waals surface area contributed by atoms with Gasteiger partial charge in [0.25, 0.3) is 0 Å². The molecule has 19 heavy (non-hydrogen) atoms. The highest BCUT2D eigenvalue weighted by atomic mass is 16.5. The quantitative estimate of drug-likeness (QED) is 0.795. The minimum absolute atomic E-state index is 0.111. The van der Waals surface area contributed by atoms with E-state index in [9.17, 15) is 9.90 Å². The first kappa shape index (κ1) is 15.5. The summed E-state index contributed by atoms with van der Waals surface area (Å²) in [5, 5.41) is 12.4. The van der Waals surface area contributed by atoms with Crippen molar-refractivity contribution < 1.29 is 14.6 Å². The molecule has 1 rings (SSSR count). The van der Waals surface area contributed by atoms with Crippen molar-refractivity contribution in [2.75, 3.05) is 6.61 Å². The molecule has 1 aromatic rings. The average Bonchev–Trinajstić information content (AvgIpc) is 2.27. The molecule has 0 fully saturated rings. The molecule has 4 heteroatoms. The Hall–Kier alpha value is -1.55. The molecule has 1 atom stereocenters. The van der Waals surface area contributed by atoms with E-state index in [1.807, 2.05) is 45.0 Å². The number of benzene rings is 1. The van der Waals surface area contributed by atoms with Gasteiger partial charge in [0.2, 0.25) is 0 Å². The van der Waals surface area contributed by atoms with Gasteiger partial charge in [-0.25, -0.2) is 0 Å². The van der Waals surface area contributed by atoms with Crippen LogP contribution in [0.5, 0.6) is 5.75 Å². The van der Waals surface area contributed by atoms with Gasteiger partial charge in [0, 0.05) is 12.5 Å². The second-order valence-electron chi connectivity index (χ2n) is 5.35. The fourth-order valence-corrected chi connectivity index (χ4v) is 1.96. The Kier molecular flexibility index (Phi) is 5.36. The van der Waals surface area contributed by atoms with Gasteiger partial charge in [0.05, 0.1) is 6.61 Å². The lowest BCUT2D eigenvalue weighted by Gasteiger charge is -2.28. The molecular formula is C15H23NO3. The van der Waals surface area contributed by atoms with E-state index in [0.717, 1.165) is 11.3 Å². The fourth-order valence-electron chi connectivity index (χ4n) is 1.96. The lowest BCUT2D eigenvalue weighted by molar-refractivity contribution is -0.145. The van der Waals surface area contributed by atoms with E-state index in [-0.39, 0.29) is 6.04 Å². The van der Waals surface area contributed by atoms with E-state index in [1.165, 1.54) is 0 Å². The number of carboxylic acids is 1. The normalized spacial score (nSPS) is 14.2. The predicted molar refractivity (Wildman–Crippen MR) is 75.6 cm³/mol. The number of hydrogen-bond donors (Lipinski definition) is 2. The van der Waals surface area contributed by atoms with E-state index in [1.54, 1.807) is 6.92 Å². The highest BCUT2D eigenvalue weighted by molar-refractivity contribution is 5.78. The van der Waals surface area contributed by atoms with Crippen LogP contribution in [0.2, 0.25) is 0 Å². The van der Waals surface area contributed by atoms with E-state index < -0.39 is 11.5 Å². The van der Waals surface area contributed by atoms with Crippen LogP contribution in [-0.4, -0.2) is 29.3 Å². The summed E-state index contributed by atoms with van der Waals surface area (Å²) in [5.74, 6) is -0.0775. The zero-order valence-corrected chi connectivity index (χ0v) is 12.1. The molecule has 0 radical (unpaired) electrons. The minimum atomic E-state index is -0.960. The van der Waals surface area contributed by atoms with E-state index in [4.69, 9.17) is 4.74 Å². The second-order valence-corrected chi connectivity index (χ2v) is 5.35. The SMILES string of the molecule is Cc1cccc(OCCC(C)(NC(C)C)C(=O)O)c1. The molecule has 2 N–H and O–H groups in total. The summed E-state index contributed by atoms with van der Waals surface area (Å²) in [7, 11) is 0. The topological polar surface area (TPSA) is 58.6 Å². The summed E-state index contributed by atoms with van der Waals surface area (Å²) in [6.07, 6.45) is 0.411. The van der Waals surface area contributed by atoms with Crippen molar-refractivity contribution in [3.8, 4) is 5.75 Å². The first-order chi connectivity index (χ1) is 8.83. The maximum Gasteiger partial charge on any atom is 0.323 e. The van der Waals surface area contributed by atoms with Crippen LogP contribution in [0.4, 0.5) is 0 Å². The zero-order chi connectivity index (χ0) is 14.5. The Labute approximate surface area is 114 Å². The van der Waals surface area contributed by atoms with Crippen molar-refractivity contribution in [1.29, 1.82) is 0 Å². The van der Waals surface area contributed by atoms with Gasteiger partial charge in [-0.05, 0) is 45.4 Å². The largest absolute Gasteiger partial charge is 0.493 e. The summed E-state index contributed by atoms with van der Waals surface area (Å²) < 4.78 is 5.61. The van der Waals surface area contributed by atoms with E-state index in [0.29, 0.717) is 13.0 Å². The highest BCUT2D eigenvalue weighted by Gasteiger charge is 2.33. The molecule has 1 unspecified atom stereocenters. The summed E-state index contributed by atoms with van der Waals surface area (Å²) in [6.45, 7) is 7.92. The third-order valence-corrected chi connectivity index (χ3v) is 2.94. The maximum absolute atomic E-state index is 11.3. The van der Waals surface area contributed by atoms with Crippen LogP contribution in [0.1, 0.15) is 32.8 Å². The molecule has 0 aliphatic rings. The van der Waals surface area contributed by atoms with Gasteiger partial charge in [0.1, 0.15) is 11.3 Å². The number of ether oxygens (including phenoxy) is 1. The van der Waals surface area contributed by atoms with Crippen molar-refractivity contribution in [2.45, 2.75) is 45.7 Å². The first-order valence-electron chi connectivity index (χ1n) is 6.54. The fraction of sp³-hybridized carbons (Fsp3) is 0.533. The lowest BCUT2D eigenvalue weighted by atomic mass is 9.97. The molecule has 0 aliphatic heterocycles. The van der Waals surface area contributed by atoms with Gasteiger partial charge < -0.3 is 9.84 Å². The molecule has 106 valence electrons. The summed E-state index contributed by atoms with van der Waals surface area (Å²) >= 11 is 0. The minimum Gasteiger partial charge on any atom is -0.493 e. The van der Waals surface area contributed by atoms with Crippen LogP contribution in [-0.2, 0) is 4.79 Å².